The number of likely N-dealkylation sites (N-methyl/N-ethyl adjacent to an activating group) is 2. The molecule has 38 heavy (non-hydrogen) atoms. The van der Waals surface area contributed by atoms with Gasteiger partial charge in [0, 0.05) is 38.3 Å². The predicted octanol–water partition coefficient (Wildman–Crippen LogP) is 3.22. The Morgan fingerprint density at radius 3 is 1.32 bits per heavy atom. The molecule has 0 saturated carbocycles. The van der Waals surface area contributed by atoms with Crippen LogP contribution in [0.5, 0.6) is 0 Å². The van der Waals surface area contributed by atoms with Crippen molar-refractivity contribution in [3.05, 3.63) is 70.8 Å². The van der Waals surface area contributed by atoms with Crippen molar-refractivity contribution in [2.75, 3.05) is 53.5 Å². The summed E-state index contributed by atoms with van der Waals surface area (Å²) >= 11 is 0. The summed E-state index contributed by atoms with van der Waals surface area (Å²) in [4.78, 5) is 27.7. The third-order valence-electron chi connectivity index (χ3n) is 7.12. The molecule has 2 aliphatic rings. The SMILES string of the molecule is CCOC(=O)c1ccc(C2CC(N)CN(C)C2)cc1.CCOC(=O)c1ccc(C2CC(N)CN(C)C2)cc1. The van der Waals surface area contributed by atoms with E-state index in [1.807, 2.05) is 62.4 Å². The van der Waals surface area contributed by atoms with Gasteiger partial charge in [-0.25, -0.2) is 9.59 Å². The molecule has 2 saturated heterocycles. The molecule has 8 heteroatoms. The van der Waals surface area contributed by atoms with E-state index >= 15 is 0 Å². The molecule has 208 valence electrons. The number of ether oxygens (including phenoxy) is 2. The number of piperidine rings is 2. The standard InChI is InChI=1S/2C15H22N2O2/c2*1-3-19-15(18)12-6-4-11(5-7-12)13-8-14(16)10-17(2)9-13/h2*4-7,13-14H,3,8-10,16H2,1-2H3. The van der Waals surface area contributed by atoms with Crippen LogP contribution in [0.1, 0.15) is 70.4 Å². The highest BCUT2D eigenvalue weighted by molar-refractivity contribution is 5.89. The number of hydrogen-bond donors (Lipinski definition) is 2. The van der Waals surface area contributed by atoms with Crippen LogP contribution in [0.25, 0.3) is 0 Å². The smallest absolute Gasteiger partial charge is 0.338 e. The molecule has 0 bridgehead atoms. The Kier molecular flexibility index (Phi) is 11.3. The average molecular weight is 525 g/mol. The van der Waals surface area contributed by atoms with Crippen molar-refractivity contribution in [2.24, 2.45) is 11.5 Å². The van der Waals surface area contributed by atoms with Crippen molar-refractivity contribution in [2.45, 2.75) is 50.6 Å². The van der Waals surface area contributed by atoms with Crippen LogP contribution < -0.4 is 11.5 Å². The molecule has 4 atom stereocenters. The van der Waals surface area contributed by atoms with E-state index in [4.69, 9.17) is 20.9 Å². The molecule has 2 heterocycles. The van der Waals surface area contributed by atoms with E-state index in [9.17, 15) is 9.59 Å². The number of hydrogen-bond acceptors (Lipinski definition) is 8. The molecule has 0 aromatic heterocycles. The van der Waals surface area contributed by atoms with Gasteiger partial charge in [0.2, 0.25) is 0 Å². The van der Waals surface area contributed by atoms with Gasteiger partial charge in [0.15, 0.2) is 0 Å². The minimum Gasteiger partial charge on any atom is -0.462 e. The summed E-state index contributed by atoms with van der Waals surface area (Å²) < 4.78 is 9.96. The Bertz CT molecular complexity index is 924. The largest absolute Gasteiger partial charge is 0.462 e. The number of nitrogens with two attached hydrogens (primary N) is 2. The van der Waals surface area contributed by atoms with Gasteiger partial charge in [0.05, 0.1) is 24.3 Å². The molecule has 0 aliphatic carbocycles. The predicted molar refractivity (Wildman–Crippen MR) is 150 cm³/mol. The number of likely N-dealkylation sites (tertiary alicyclic amines) is 2. The lowest BCUT2D eigenvalue weighted by molar-refractivity contribution is 0.0516. The third-order valence-corrected chi connectivity index (χ3v) is 7.12. The van der Waals surface area contributed by atoms with Gasteiger partial charge < -0.3 is 30.7 Å². The molecule has 2 aromatic carbocycles. The summed E-state index contributed by atoms with van der Waals surface area (Å²) in [5.74, 6) is 0.382. The summed E-state index contributed by atoms with van der Waals surface area (Å²) in [6.07, 6.45) is 2.01. The fourth-order valence-electron chi connectivity index (χ4n) is 5.43. The zero-order valence-corrected chi connectivity index (χ0v) is 23.3. The molecular weight excluding hydrogens is 480 g/mol. The van der Waals surface area contributed by atoms with Crippen LogP contribution in [-0.4, -0.2) is 87.3 Å². The topological polar surface area (TPSA) is 111 Å². The van der Waals surface area contributed by atoms with E-state index in [0.717, 1.165) is 39.0 Å². The van der Waals surface area contributed by atoms with Gasteiger partial charge in [-0.3, -0.25) is 0 Å². The van der Waals surface area contributed by atoms with E-state index in [1.54, 1.807) is 0 Å². The van der Waals surface area contributed by atoms with Crippen LogP contribution >= 0.6 is 0 Å². The molecule has 4 N–H and O–H groups in total. The van der Waals surface area contributed by atoms with Crippen LogP contribution in [0.2, 0.25) is 0 Å². The van der Waals surface area contributed by atoms with Gasteiger partial charge in [-0.05, 0) is 88.0 Å². The van der Waals surface area contributed by atoms with Crippen LogP contribution in [0.4, 0.5) is 0 Å². The number of carbonyl (C=O) groups excluding carboxylic acids is 2. The lowest BCUT2D eigenvalue weighted by Crippen LogP contribution is -2.44. The molecule has 2 aliphatic heterocycles. The first kappa shape index (κ1) is 29.8. The Morgan fingerprint density at radius 1 is 0.684 bits per heavy atom. The van der Waals surface area contributed by atoms with Gasteiger partial charge in [0.25, 0.3) is 0 Å². The van der Waals surface area contributed by atoms with Gasteiger partial charge in [-0.1, -0.05) is 24.3 Å². The first-order valence-corrected chi connectivity index (χ1v) is 13.6. The molecule has 4 unspecified atom stereocenters. The Hall–Kier alpha value is -2.78. The number of benzene rings is 2. The molecule has 0 amide bonds. The Morgan fingerprint density at radius 2 is 1.03 bits per heavy atom. The van der Waals surface area contributed by atoms with E-state index in [0.29, 0.717) is 36.2 Å². The summed E-state index contributed by atoms with van der Waals surface area (Å²) in [6.45, 7) is 8.39. The summed E-state index contributed by atoms with van der Waals surface area (Å²) in [6, 6.07) is 15.9. The quantitative estimate of drug-likeness (QED) is 0.554. The summed E-state index contributed by atoms with van der Waals surface area (Å²) in [7, 11) is 4.19. The highest BCUT2D eigenvalue weighted by atomic mass is 16.5. The van der Waals surface area contributed by atoms with Crippen molar-refractivity contribution < 1.29 is 19.1 Å². The van der Waals surface area contributed by atoms with E-state index in [-0.39, 0.29) is 24.0 Å². The van der Waals surface area contributed by atoms with Crippen LogP contribution in [0.15, 0.2) is 48.5 Å². The number of esters is 2. The van der Waals surface area contributed by atoms with Crippen LogP contribution in [-0.2, 0) is 9.47 Å². The molecule has 8 nitrogen and oxygen atoms in total. The normalized spacial score (nSPS) is 24.2. The monoisotopic (exact) mass is 524 g/mol. The second-order valence-corrected chi connectivity index (χ2v) is 10.5. The first-order chi connectivity index (χ1) is 18.2. The van der Waals surface area contributed by atoms with E-state index in [2.05, 4.69) is 23.9 Å². The maximum Gasteiger partial charge on any atom is 0.338 e. The summed E-state index contributed by atoms with van der Waals surface area (Å²) in [5, 5.41) is 0. The number of nitrogens with zero attached hydrogens (tertiary/aromatic N) is 2. The minimum atomic E-state index is -0.258. The van der Waals surface area contributed by atoms with E-state index < -0.39 is 0 Å². The average Bonchev–Trinajstić information content (AvgIpc) is 2.88. The first-order valence-electron chi connectivity index (χ1n) is 13.6. The van der Waals surface area contributed by atoms with Crippen LogP contribution in [0, 0.1) is 0 Å². The second-order valence-electron chi connectivity index (χ2n) is 10.5. The molecule has 2 fully saturated rings. The maximum absolute atomic E-state index is 11.6. The highest BCUT2D eigenvalue weighted by Crippen LogP contribution is 2.27. The van der Waals surface area contributed by atoms with Crippen LogP contribution in [0.3, 0.4) is 0 Å². The zero-order valence-electron chi connectivity index (χ0n) is 23.3. The lowest BCUT2D eigenvalue weighted by Gasteiger charge is -2.34. The Labute approximate surface area is 227 Å². The van der Waals surface area contributed by atoms with Crippen molar-refractivity contribution in [1.82, 2.24) is 9.80 Å². The molecule has 0 spiro atoms. The zero-order chi connectivity index (χ0) is 27.7. The van der Waals surface area contributed by atoms with Crippen molar-refractivity contribution in [3.63, 3.8) is 0 Å². The summed E-state index contributed by atoms with van der Waals surface area (Å²) in [5.41, 5.74) is 15.8. The van der Waals surface area contributed by atoms with Gasteiger partial charge in [-0.15, -0.1) is 0 Å². The number of rotatable bonds is 6. The van der Waals surface area contributed by atoms with Crippen molar-refractivity contribution >= 4 is 11.9 Å². The highest BCUT2D eigenvalue weighted by Gasteiger charge is 2.25. The van der Waals surface area contributed by atoms with E-state index in [1.165, 1.54) is 11.1 Å². The number of carbonyl (C=O) groups is 2. The molecule has 4 rings (SSSR count). The van der Waals surface area contributed by atoms with Gasteiger partial charge >= 0.3 is 11.9 Å². The van der Waals surface area contributed by atoms with Crippen molar-refractivity contribution in [1.29, 1.82) is 0 Å². The minimum absolute atomic E-state index is 0.230. The fraction of sp³-hybridized carbons (Fsp3) is 0.533. The fourth-order valence-corrected chi connectivity index (χ4v) is 5.43. The Balaban J connectivity index is 0.000000211. The second kappa shape index (κ2) is 14.4. The molecular formula is C30H44N4O4. The lowest BCUT2D eigenvalue weighted by atomic mass is 9.88. The maximum atomic E-state index is 11.6. The van der Waals surface area contributed by atoms with Gasteiger partial charge in [0.1, 0.15) is 0 Å². The van der Waals surface area contributed by atoms with Crippen molar-refractivity contribution in [3.8, 4) is 0 Å². The third kappa shape index (κ3) is 8.63. The molecule has 2 aromatic rings. The molecule has 0 radical (unpaired) electrons. The van der Waals surface area contributed by atoms with Gasteiger partial charge in [-0.2, -0.15) is 0 Å².